The molecule has 110 valence electrons. The van der Waals surface area contributed by atoms with Crippen molar-refractivity contribution in [3.63, 3.8) is 0 Å². The maximum absolute atomic E-state index is 6.49. The Bertz CT molecular complexity index is 420. The molecule has 0 spiro atoms. The van der Waals surface area contributed by atoms with E-state index in [1.165, 1.54) is 64.2 Å². The minimum atomic E-state index is 0.411. The van der Waals surface area contributed by atoms with Crippen LogP contribution in [0.5, 0.6) is 0 Å². The van der Waals surface area contributed by atoms with Gasteiger partial charge in [-0.3, -0.25) is 0 Å². The second-order valence-electron chi connectivity index (χ2n) is 7.02. The average Bonchev–Trinajstić information content (AvgIpc) is 2.48. The first kappa shape index (κ1) is 14.1. The van der Waals surface area contributed by atoms with Gasteiger partial charge >= 0.3 is 0 Å². The molecule has 1 aromatic carbocycles. The summed E-state index contributed by atoms with van der Waals surface area (Å²) in [6.07, 6.45) is 13.6. The third-order valence-electron chi connectivity index (χ3n) is 5.44. The van der Waals surface area contributed by atoms with Crippen molar-refractivity contribution in [2.45, 2.75) is 76.2 Å². The molecule has 3 rings (SSSR count). The van der Waals surface area contributed by atoms with E-state index in [4.69, 9.17) is 5.73 Å². The molecule has 20 heavy (non-hydrogen) atoms. The van der Waals surface area contributed by atoms with Crippen molar-refractivity contribution in [1.29, 1.82) is 0 Å². The summed E-state index contributed by atoms with van der Waals surface area (Å²) in [5.74, 6) is 1.64. The smallest absolute Gasteiger partial charge is 0.00472 e. The Hall–Kier alpha value is -0.820. The zero-order chi connectivity index (χ0) is 13.8. The third-order valence-corrected chi connectivity index (χ3v) is 5.44. The molecular weight excluding hydrogens is 242 g/mol. The molecule has 0 aliphatic heterocycles. The van der Waals surface area contributed by atoms with Crippen LogP contribution in [-0.4, -0.2) is 6.04 Å². The van der Waals surface area contributed by atoms with Gasteiger partial charge in [-0.2, -0.15) is 0 Å². The van der Waals surface area contributed by atoms with Gasteiger partial charge in [0, 0.05) is 6.04 Å². The fraction of sp³-hybridized carbons (Fsp3) is 0.684. The lowest BCUT2D eigenvalue weighted by Gasteiger charge is -2.30. The van der Waals surface area contributed by atoms with Crippen LogP contribution in [-0.2, 0) is 6.42 Å². The maximum atomic E-state index is 6.49. The van der Waals surface area contributed by atoms with E-state index in [9.17, 15) is 0 Å². The van der Waals surface area contributed by atoms with Crippen molar-refractivity contribution >= 4 is 0 Å². The van der Waals surface area contributed by atoms with Crippen LogP contribution in [0.2, 0.25) is 0 Å². The van der Waals surface area contributed by atoms with Crippen molar-refractivity contribution in [1.82, 2.24) is 0 Å². The van der Waals surface area contributed by atoms with Gasteiger partial charge in [0.25, 0.3) is 0 Å². The number of fused-ring (bicyclic) bond motifs is 1. The molecule has 1 fully saturated rings. The van der Waals surface area contributed by atoms with E-state index < -0.39 is 0 Å². The number of benzene rings is 1. The number of rotatable bonds is 4. The van der Waals surface area contributed by atoms with Crippen LogP contribution in [0.4, 0.5) is 0 Å². The number of aryl methyl sites for hydroxylation is 1. The van der Waals surface area contributed by atoms with E-state index in [1.807, 2.05) is 0 Å². The second-order valence-corrected chi connectivity index (χ2v) is 7.02. The lowest BCUT2D eigenvalue weighted by molar-refractivity contribution is 0.303. The largest absolute Gasteiger partial charge is 0.328 e. The van der Waals surface area contributed by atoms with Crippen LogP contribution in [0.1, 0.15) is 74.8 Å². The number of hydrogen-bond donors (Lipinski definition) is 1. The molecule has 2 atom stereocenters. The Morgan fingerprint density at radius 2 is 1.75 bits per heavy atom. The summed E-state index contributed by atoms with van der Waals surface area (Å²) in [6.45, 7) is 0. The van der Waals surface area contributed by atoms with Crippen LogP contribution in [0.3, 0.4) is 0 Å². The monoisotopic (exact) mass is 271 g/mol. The molecular formula is C19H29N. The molecule has 0 radical (unpaired) electrons. The quantitative estimate of drug-likeness (QED) is 0.836. The fourth-order valence-corrected chi connectivity index (χ4v) is 4.41. The number of nitrogens with two attached hydrogens (primary N) is 1. The molecule has 0 heterocycles. The Morgan fingerprint density at radius 3 is 2.60 bits per heavy atom. The highest BCUT2D eigenvalue weighted by molar-refractivity contribution is 5.32. The fourth-order valence-electron chi connectivity index (χ4n) is 4.41. The first-order chi connectivity index (χ1) is 9.83. The van der Waals surface area contributed by atoms with Crippen molar-refractivity contribution in [3.8, 4) is 0 Å². The lowest BCUT2D eigenvalue weighted by Crippen LogP contribution is -2.28. The molecule has 2 aliphatic carbocycles. The van der Waals surface area contributed by atoms with Gasteiger partial charge in [0.05, 0.1) is 0 Å². The van der Waals surface area contributed by atoms with Gasteiger partial charge in [0.15, 0.2) is 0 Å². The molecule has 2 N–H and O–H groups in total. The van der Waals surface area contributed by atoms with E-state index >= 15 is 0 Å². The molecule has 0 bridgehead atoms. The van der Waals surface area contributed by atoms with Gasteiger partial charge in [-0.1, -0.05) is 56.4 Å². The van der Waals surface area contributed by atoms with Crippen LogP contribution < -0.4 is 5.73 Å². The highest BCUT2D eigenvalue weighted by atomic mass is 14.6. The molecule has 1 saturated carbocycles. The van der Waals surface area contributed by atoms with E-state index in [2.05, 4.69) is 24.3 Å². The van der Waals surface area contributed by atoms with E-state index in [-0.39, 0.29) is 0 Å². The average molecular weight is 271 g/mol. The Kier molecular flexibility index (Phi) is 4.77. The molecule has 2 unspecified atom stereocenters. The van der Waals surface area contributed by atoms with Gasteiger partial charge in [0.1, 0.15) is 0 Å². The summed E-state index contributed by atoms with van der Waals surface area (Å²) in [4.78, 5) is 0. The molecule has 0 saturated heterocycles. The molecule has 1 aromatic rings. The molecule has 1 nitrogen and oxygen atoms in total. The van der Waals surface area contributed by atoms with Crippen molar-refractivity contribution in [2.75, 3.05) is 0 Å². The van der Waals surface area contributed by atoms with Gasteiger partial charge in [-0.25, -0.2) is 0 Å². The highest BCUT2D eigenvalue weighted by Gasteiger charge is 2.24. The minimum absolute atomic E-state index is 0.411. The summed E-state index contributed by atoms with van der Waals surface area (Å²) >= 11 is 0. The zero-order valence-electron chi connectivity index (χ0n) is 12.7. The van der Waals surface area contributed by atoms with Crippen LogP contribution in [0, 0.1) is 5.92 Å². The molecule has 0 amide bonds. The predicted octanol–water partition coefficient (Wildman–Crippen LogP) is 4.79. The van der Waals surface area contributed by atoms with Gasteiger partial charge in [-0.05, 0) is 55.1 Å². The number of hydrogen-bond acceptors (Lipinski definition) is 1. The van der Waals surface area contributed by atoms with E-state index in [1.54, 1.807) is 11.1 Å². The van der Waals surface area contributed by atoms with Gasteiger partial charge in [0.2, 0.25) is 0 Å². The topological polar surface area (TPSA) is 26.0 Å². The van der Waals surface area contributed by atoms with Crippen molar-refractivity contribution in [2.24, 2.45) is 11.7 Å². The van der Waals surface area contributed by atoms with Gasteiger partial charge < -0.3 is 5.73 Å². The van der Waals surface area contributed by atoms with Crippen molar-refractivity contribution < 1.29 is 0 Å². The summed E-state index contributed by atoms with van der Waals surface area (Å²) in [5.41, 5.74) is 9.67. The summed E-state index contributed by atoms with van der Waals surface area (Å²) in [6, 6.07) is 9.45. The standard InChI is InChI=1S/C19H29N/c20-18(13-15-7-2-1-3-8-15)14-17-11-6-10-16-9-4-5-12-19(16)17/h4-5,9,12,15,17-18H,1-3,6-8,10-11,13-14,20H2. The molecule has 1 heteroatoms. The van der Waals surface area contributed by atoms with Crippen molar-refractivity contribution in [3.05, 3.63) is 35.4 Å². The first-order valence-electron chi connectivity index (χ1n) is 8.66. The zero-order valence-corrected chi connectivity index (χ0v) is 12.7. The van der Waals surface area contributed by atoms with E-state index in [0.29, 0.717) is 6.04 Å². The Balaban J connectivity index is 1.57. The highest BCUT2D eigenvalue weighted by Crippen LogP contribution is 2.36. The lowest BCUT2D eigenvalue weighted by atomic mass is 9.77. The third kappa shape index (κ3) is 3.44. The maximum Gasteiger partial charge on any atom is 0.00472 e. The second kappa shape index (κ2) is 6.76. The summed E-state index contributed by atoms with van der Waals surface area (Å²) in [7, 11) is 0. The van der Waals surface area contributed by atoms with E-state index in [0.717, 1.165) is 11.8 Å². The normalized spacial score (nSPS) is 25.1. The predicted molar refractivity (Wildman–Crippen MR) is 85.9 cm³/mol. The van der Waals surface area contributed by atoms with Crippen LogP contribution in [0.15, 0.2) is 24.3 Å². The summed E-state index contributed by atoms with van der Waals surface area (Å²) < 4.78 is 0. The summed E-state index contributed by atoms with van der Waals surface area (Å²) in [5, 5.41) is 0. The van der Waals surface area contributed by atoms with Crippen LogP contribution >= 0.6 is 0 Å². The first-order valence-corrected chi connectivity index (χ1v) is 8.66. The van der Waals surface area contributed by atoms with Crippen LogP contribution in [0.25, 0.3) is 0 Å². The Morgan fingerprint density at radius 1 is 0.950 bits per heavy atom. The van der Waals surface area contributed by atoms with Gasteiger partial charge in [-0.15, -0.1) is 0 Å². The minimum Gasteiger partial charge on any atom is -0.328 e. The molecule has 2 aliphatic rings. The SMILES string of the molecule is NC(CC1CCCCC1)CC1CCCc2ccccc21. The molecule has 0 aromatic heterocycles. The Labute approximate surface area is 124 Å².